The Hall–Kier alpha value is -0.640. The fourth-order valence-corrected chi connectivity index (χ4v) is 3.80. The largest absolute Gasteiger partial charge is 0.373 e. The topological polar surface area (TPSA) is 21.3 Å². The molecular weight excluding hydrogens is 289 g/mol. The Labute approximate surface area is 132 Å². The first-order valence-electron chi connectivity index (χ1n) is 7.89. The average molecular weight is 314 g/mol. The van der Waals surface area contributed by atoms with Crippen LogP contribution < -0.4 is 5.32 Å². The van der Waals surface area contributed by atoms with E-state index in [1.54, 1.807) is 6.07 Å². The van der Waals surface area contributed by atoms with E-state index in [1.807, 2.05) is 14.0 Å². The van der Waals surface area contributed by atoms with Crippen molar-refractivity contribution in [3.8, 4) is 0 Å². The van der Waals surface area contributed by atoms with E-state index >= 15 is 0 Å². The minimum atomic E-state index is -0.294. The van der Waals surface area contributed by atoms with Crippen molar-refractivity contribution < 1.29 is 9.13 Å². The van der Waals surface area contributed by atoms with Crippen LogP contribution in [0.25, 0.3) is 0 Å². The smallest absolute Gasteiger partial charge is 0.123 e. The summed E-state index contributed by atoms with van der Waals surface area (Å²) in [6.07, 6.45) is 6.74. The van der Waals surface area contributed by atoms with Gasteiger partial charge >= 0.3 is 0 Å². The van der Waals surface area contributed by atoms with Crippen LogP contribution in [0, 0.1) is 5.82 Å². The number of nitrogens with one attached hydrogen (secondary N) is 1. The summed E-state index contributed by atoms with van der Waals surface area (Å²) in [7, 11) is 1.90. The summed E-state index contributed by atoms with van der Waals surface area (Å²) >= 11 is 6.33. The number of hydrogen-bond donors (Lipinski definition) is 1. The molecule has 21 heavy (non-hydrogen) atoms. The molecule has 0 radical (unpaired) electrons. The molecule has 0 spiro atoms. The molecule has 1 aliphatic carbocycles. The lowest BCUT2D eigenvalue weighted by Crippen LogP contribution is -2.45. The number of likely N-dealkylation sites (N-methyl/N-ethyl adjacent to an activating group) is 1. The highest BCUT2D eigenvalue weighted by Crippen LogP contribution is 2.42. The van der Waals surface area contributed by atoms with E-state index in [4.69, 9.17) is 16.3 Å². The summed E-state index contributed by atoms with van der Waals surface area (Å²) in [5, 5.41) is 3.93. The molecule has 1 aromatic carbocycles. The maximum Gasteiger partial charge on any atom is 0.123 e. The Morgan fingerprint density at radius 1 is 1.29 bits per heavy atom. The van der Waals surface area contributed by atoms with Crippen molar-refractivity contribution >= 4 is 11.6 Å². The highest BCUT2D eigenvalue weighted by molar-refractivity contribution is 6.31. The van der Waals surface area contributed by atoms with E-state index in [1.165, 1.54) is 25.0 Å². The molecule has 1 fully saturated rings. The zero-order chi connectivity index (χ0) is 15.3. The molecule has 0 bridgehead atoms. The minimum Gasteiger partial charge on any atom is -0.373 e. The van der Waals surface area contributed by atoms with E-state index in [0.717, 1.165) is 31.2 Å². The van der Waals surface area contributed by atoms with Gasteiger partial charge in [0, 0.05) is 11.6 Å². The summed E-state index contributed by atoms with van der Waals surface area (Å²) in [5.41, 5.74) is 0.506. The van der Waals surface area contributed by atoms with Gasteiger partial charge in [0.2, 0.25) is 0 Å². The second kappa shape index (κ2) is 7.57. The van der Waals surface area contributed by atoms with Crippen molar-refractivity contribution in [2.45, 2.75) is 57.1 Å². The van der Waals surface area contributed by atoms with Gasteiger partial charge < -0.3 is 10.1 Å². The maximum atomic E-state index is 13.7. The first-order chi connectivity index (χ1) is 10.1. The lowest BCUT2D eigenvalue weighted by molar-refractivity contribution is -0.0767. The molecule has 4 heteroatoms. The van der Waals surface area contributed by atoms with Gasteiger partial charge in [-0.15, -0.1) is 0 Å². The third kappa shape index (κ3) is 3.77. The molecule has 0 aromatic heterocycles. The molecule has 0 heterocycles. The lowest BCUT2D eigenvalue weighted by Gasteiger charge is -2.40. The van der Waals surface area contributed by atoms with Gasteiger partial charge in [-0.2, -0.15) is 0 Å². The number of halogens is 2. The standard InChI is InChI=1S/C17H25ClFNO/c1-3-21-17(10-6-4-5-7-11-17)16(20-2)14-12-13(19)8-9-15(14)18/h8-9,12,16,20H,3-7,10-11H2,1-2H3. The van der Waals surface area contributed by atoms with Gasteiger partial charge in [-0.05, 0) is 50.6 Å². The monoisotopic (exact) mass is 313 g/mol. The van der Waals surface area contributed by atoms with Gasteiger partial charge in [0.25, 0.3) is 0 Å². The molecule has 118 valence electrons. The van der Waals surface area contributed by atoms with Crippen LogP contribution in [0.5, 0.6) is 0 Å². The zero-order valence-electron chi connectivity index (χ0n) is 12.9. The number of hydrogen-bond acceptors (Lipinski definition) is 2. The van der Waals surface area contributed by atoms with Crippen LogP contribution in [0.2, 0.25) is 5.02 Å². The predicted octanol–water partition coefficient (Wildman–Crippen LogP) is 4.87. The second-order valence-electron chi connectivity index (χ2n) is 5.80. The Morgan fingerprint density at radius 3 is 2.52 bits per heavy atom. The minimum absolute atomic E-state index is 0.0845. The summed E-state index contributed by atoms with van der Waals surface area (Å²) in [6, 6.07) is 4.49. The van der Waals surface area contributed by atoms with Crippen LogP contribution in [0.4, 0.5) is 4.39 Å². The Bertz CT molecular complexity index is 458. The van der Waals surface area contributed by atoms with Gasteiger partial charge in [-0.25, -0.2) is 4.39 Å². The van der Waals surface area contributed by atoms with Crippen LogP contribution in [0.3, 0.4) is 0 Å². The second-order valence-corrected chi connectivity index (χ2v) is 6.21. The van der Waals surface area contributed by atoms with Crippen LogP contribution in [0.15, 0.2) is 18.2 Å². The van der Waals surface area contributed by atoms with E-state index in [2.05, 4.69) is 5.32 Å². The fourth-order valence-electron chi connectivity index (χ4n) is 3.57. The van der Waals surface area contributed by atoms with Crippen molar-refractivity contribution in [2.24, 2.45) is 0 Å². The Balaban J connectivity index is 2.41. The van der Waals surface area contributed by atoms with Crippen LogP contribution in [-0.4, -0.2) is 19.3 Å². The summed E-state index contributed by atoms with van der Waals surface area (Å²) in [6.45, 7) is 2.68. The molecular formula is C17H25ClFNO. The van der Waals surface area contributed by atoms with Crippen LogP contribution >= 0.6 is 11.6 Å². The van der Waals surface area contributed by atoms with E-state index in [-0.39, 0.29) is 17.5 Å². The molecule has 1 aliphatic rings. The number of ether oxygens (including phenoxy) is 1. The molecule has 1 atom stereocenters. The molecule has 2 rings (SSSR count). The molecule has 1 unspecified atom stereocenters. The Kier molecular flexibility index (Phi) is 6.03. The van der Waals surface area contributed by atoms with Gasteiger partial charge in [0.15, 0.2) is 0 Å². The van der Waals surface area contributed by atoms with Crippen LogP contribution in [0.1, 0.15) is 57.1 Å². The third-order valence-corrected chi connectivity index (χ3v) is 4.81. The first-order valence-corrected chi connectivity index (χ1v) is 8.27. The summed E-state index contributed by atoms with van der Waals surface area (Å²) < 4.78 is 19.9. The first kappa shape index (κ1) is 16.7. The van der Waals surface area contributed by atoms with Crippen molar-refractivity contribution in [3.63, 3.8) is 0 Å². The number of rotatable bonds is 5. The SMILES string of the molecule is CCOC1(C(NC)c2cc(F)ccc2Cl)CCCCCC1. The summed E-state index contributed by atoms with van der Waals surface area (Å²) in [5.74, 6) is -0.255. The zero-order valence-corrected chi connectivity index (χ0v) is 13.7. The normalized spacial score (nSPS) is 20.0. The van der Waals surface area contributed by atoms with Gasteiger partial charge in [-0.1, -0.05) is 37.3 Å². The molecule has 0 saturated heterocycles. The lowest BCUT2D eigenvalue weighted by atomic mass is 9.82. The third-order valence-electron chi connectivity index (χ3n) is 4.47. The summed E-state index contributed by atoms with van der Waals surface area (Å²) in [4.78, 5) is 0. The fraction of sp³-hybridized carbons (Fsp3) is 0.647. The van der Waals surface area contributed by atoms with Gasteiger partial charge in [0.1, 0.15) is 5.82 Å². The van der Waals surface area contributed by atoms with Crippen LogP contribution in [-0.2, 0) is 4.74 Å². The molecule has 1 aromatic rings. The molecule has 2 nitrogen and oxygen atoms in total. The van der Waals surface area contributed by atoms with Crippen molar-refractivity contribution in [2.75, 3.05) is 13.7 Å². The van der Waals surface area contributed by atoms with E-state index in [9.17, 15) is 4.39 Å². The van der Waals surface area contributed by atoms with Crippen molar-refractivity contribution in [1.29, 1.82) is 0 Å². The average Bonchev–Trinajstić information content (AvgIpc) is 2.70. The molecule has 1 N–H and O–H groups in total. The predicted molar refractivity (Wildman–Crippen MR) is 85.3 cm³/mol. The van der Waals surface area contributed by atoms with Crippen molar-refractivity contribution in [3.05, 3.63) is 34.6 Å². The van der Waals surface area contributed by atoms with Crippen molar-refractivity contribution in [1.82, 2.24) is 5.32 Å². The number of benzene rings is 1. The van der Waals surface area contributed by atoms with E-state index in [0.29, 0.717) is 11.6 Å². The van der Waals surface area contributed by atoms with E-state index < -0.39 is 0 Å². The Morgan fingerprint density at radius 2 is 1.95 bits per heavy atom. The quantitative estimate of drug-likeness (QED) is 0.783. The van der Waals surface area contributed by atoms with Gasteiger partial charge in [0.05, 0.1) is 11.6 Å². The highest BCUT2D eigenvalue weighted by atomic mass is 35.5. The molecule has 0 aliphatic heterocycles. The highest BCUT2D eigenvalue weighted by Gasteiger charge is 2.40. The molecule has 1 saturated carbocycles. The van der Waals surface area contributed by atoms with Gasteiger partial charge in [-0.3, -0.25) is 0 Å². The molecule has 0 amide bonds. The maximum absolute atomic E-state index is 13.7.